The monoisotopic (exact) mass is 356 g/mol. The van der Waals surface area contributed by atoms with Gasteiger partial charge in [0, 0.05) is 11.5 Å². The Morgan fingerprint density at radius 3 is 1.43 bits per heavy atom. The predicted molar refractivity (Wildman–Crippen MR) is 106 cm³/mol. The zero-order chi connectivity index (χ0) is 17.5. The fourth-order valence-electron chi connectivity index (χ4n) is 1.90. The lowest BCUT2D eigenvalue weighted by atomic mass is 10.1. The first kappa shape index (κ1) is 22.5. The van der Waals surface area contributed by atoms with Crippen LogP contribution in [-0.4, -0.2) is 21.7 Å². The van der Waals surface area contributed by atoms with Crippen LogP contribution in [0.1, 0.15) is 71.6 Å². The third-order valence-electron chi connectivity index (χ3n) is 3.50. The van der Waals surface area contributed by atoms with Gasteiger partial charge in [0.2, 0.25) is 10.2 Å². The van der Waals surface area contributed by atoms with Crippen LogP contribution in [0.25, 0.3) is 0 Å². The number of carbonyl (C=O) groups is 2. The van der Waals surface area contributed by atoms with Crippen molar-refractivity contribution >= 4 is 33.8 Å². The van der Waals surface area contributed by atoms with E-state index in [4.69, 9.17) is 0 Å². The standard InChI is InChI=1S/C19H32O2S2/c1-5-7-12-16(3)18(20)22-14-10-9-11-15-23-19(21)17(4)13-8-6-2/h3-15H2,1-2H3. The van der Waals surface area contributed by atoms with E-state index in [1.54, 1.807) is 0 Å². The minimum absolute atomic E-state index is 0.148. The van der Waals surface area contributed by atoms with Gasteiger partial charge in [-0.25, -0.2) is 0 Å². The summed E-state index contributed by atoms with van der Waals surface area (Å²) in [6.45, 7) is 12.0. The topological polar surface area (TPSA) is 34.1 Å². The van der Waals surface area contributed by atoms with Crippen LogP contribution < -0.4 is 0 Å². The molecule has 2 nitrogen and oxygen atoms in total. The Morgan fingerprint density at radius 2 is 1.09 bits per heavy atom. The first-order valence-corrected chi connectivity index (χ1v) is 10.7. The van der Waals surface area contributed by atoms with Crippen molar-refractivity contribution in [3.05, 3.63) is 24.3 Å². The molecule has 0 unspecified atom stereocenters. The summed E-state index contributed by atoms with van der Waals surface area (Å²) in [5.74, 6) is 1.71. The molecule has 0 radical (unpaired) electrons. The van der Waals surface area contributed by atoms with Crippen molar-refractivity contribution in [2.75, 3.05) is 11.5 Å². The maximum atomic E-state index is 11.8. The molecule has 0 aromatic rings. The van der Waals surface area contributed by atoms with Crippen molar-refractivity contribution in [2.45, 2.75) is 71.6 Å². The van der Waals surface area contributed by atoms with Crippen LogP contribution >= 0.6 is 23.5 Å². The molecule has 0 aliphatic carbocycles. The van der Waals surface area contributed by atoms with E-state index in [1.165, 1.54) is 23.5 Å². The lowest BCUT2D eigenvalue weighted by Gasteiger charge is -2.05. The van der Waals surface area contributed by atoms with Crippen molar-refractivity contribution in [3.8, 4) is 0 Å². The number of carbonyl (C=O) groups excluding carboxylic acids is 2. The van der Waals surface area contributed by atoms with E-state index in [-0.39, 0.29) is 10.2 Å². The fourth-order valence-corrected chi connectivity index (χ4v) is 3.58. The highest BCUT2D eigenvalue weighted by atomic mass is 32.2. The Hall–Kier alpha value is -0.480. The van der Waals surface area contributed by atoms with Gasteiger partial charge < -0.3 is 0 Å². The van der Waals surface area contributed by atoms with E-state index >= 15 is 0 Å². The zero-order valence-corrected chi connectivity index (χ0v) is 16.5. The summed E-state index contributed by atoms with van der Waals surface area (Å²) in [4.78, 5) is 23.6. The molecule has 0 aliphatic heterocycles. The molecule has 0 saturated carbocycles. The average Bonchev–Trinajstić information content (AvgIpc) is 2.55. The summed E-state index contributed by atoms with van der Waals surface area (Å²) in [5.41, 5.74) is 1.51. The third kappa shape index (κ3) is 12.6. The quantitative estimate of drug-likeness (QED) is 0.275. The second-order valence-electron chi connectivity index (χ2n) is 5.75. The van der Waals surface area contributed by atoms with Crippen LogP contribution in [0.15, 0.2) is 24.3 Å². The number of rotatable bonds is 14. The number of hydrogen-bond acceptors (Lipinski definition) is 4. The maximum absolute atomic E-state index is 11.8. The first-order valence-electron chi connectivity index (χ1n) is 8.72. The normalized spacial score (nSPS) is 10.5. The first-order chi connectivity index (χ1) is 11.0. The van der Waals surface area contributed by atoms with E-state index in [1.807, 2.05) is 0 Å². The third-order valence-corrected chi connectivity index (χ3v) is 5.58. The zero-order valence-electron chi connectivity index (χ0n) is 14.8. The molecule has 4 heteroatoms. The summed E-state index contributed by atoms with van der Waals surface area (Å²) < 4.78 is 0. The van der Waals surface area contributed by atoms with Gasteiger partial charge >= 0.3 is 0 Å². The maximum Gasteiger partial charge on any atom is 0.214 e. The van der Waals surface area contributed by atoms with Crippen LogP contribution in [0.5, 0.6) is 0 Å². The summed E-state index contributed by atoms with van der Waals surface area (Å²) in [6.07, 6.45) is 9.01. The molecule has 0 saturated heterocycles. The highest BCUT2D eigenvalue weighted by molar-refractivity contribution is 8.14. The van der Waals surface area contributed by atoms with Crippen LogP contribution in [0.4, 0.5) is 0 Å². The number of hydrogen-bond donors (Lipinski definition) is 0. The number of thioether (sulfide) groups is 2. The van der Waals surface area contributed by atoms with Gasteiger partial charge in [0.1, 0.15) is 0 Å². The van der Waals surface area contributed by atoms with Crippen molar-refractivity contribution in [1.29, 1.82) is 0 Å². The summed E-state index contributed by atoms with van der Waals surface area (Å²) in [5, 5.41) is 0.297. The molecule has 0 fully saturated rings. The van der Waals surface area contributed by atoms with Crippen LogP contribution in [0.3, 0.4) is 0 Å². The van der Waals surface area contributed by atoms with Gasteiger partial charge in [-0.05, 0) is 49.7 Å². The smallest absolute Gasteiger partial charge is 0.214 e. The van der Waals surface area contributed by atoms with Gasteiger partial charge in [-0.2, -0.15) is 0 Å². The molecule has 0 heterocycles. The SMILES string of the molecule is C=C(CCCC)C(=O)SCCCCCSC(=O)C(=C)CCCC. The lowest BCUT2D eigenvalue weighted by molar-refractivity contribution is -0.108. The molecule has 0 N–H and O–H groups in total. The molecular weight excluding hydrogens is 324 g/mol. The molecule has 0 bridgehead atoms. The van der Waals surface area contributed by atoms with Crippen molar-refractivity contribution in [3.63, 3.8) is 0 Å². The molecule has 0 atom stereocenters. The fraction of sp³-hybridized carbons (Fsp3) is 0.684. The van der Waals surface area contributed by atoms with E-state index < -0.39 is 0 Å². The van der Waals surface area contributed by atoms with Crippen LogP contribution in [0.2, 0.25) is 0 Å². The van der Waals surface area contributed by atoms with E-state index in [9.17, 15) is 9.59 Å². The van der Waals surface area contributed by atoms with E-state index in [0.717, 1.165) is 80.4 Å². The van der Waals surface area contributed by atoms with Gasteiger partial charge in [-0.15, -0.1) is 0 Å². The molecule has 0 rings (SSSR count). The Kier molecular flexibility index (Phi) is 14.8. The molecular formula is C19H32O2S2. The van der Waals surface area contributed by atoms with Gasteiger partial charge in [0.15, 0.2) is 0 Å². The van der Waals surface area contributed by atoms with E-state index in [2.05, 4.69) is 27.0 Å². The van der Waals surface area contributed by atoms with Crippen molar-refractivity contribution in [1.82, 2.24) is 0 Å². The molecule has 0 aliphatic rings. The van der Waals surface area contributed by atoms with Gasteiger partial charge in [0.25, 0.3) is 0 Å². The predicted octanol–water partition coefficient (Wildman–Crippen LogP) is 6.17. The van der Waals surface area contributed by atoms with Crippen molar-refractivity contribution < 1.29 is 9.59 Å². The van der Waals surface area contributed by atoms with Crippen molar-refractivity contribution in [2.24, 2.45) is 0 Å². The Bertz CT molecular complexity index is 353. The van der Waals surface area contributed by atoms with Crippen LogP contribution in [0, 0.1) is 0 Å². The second kappa shape index (κ2) is 15.1. The Morgan fingerprint density at radius 1 is 0.696 bits per heavy atom. The van der Waals surface area contributed by atoms with Gasteiger partial charge in [0.05, 0.1) is 0 Å². The highest BCUT2D eigenvalue weighted by Crippen LogP contribution is 2.19. The average molecular weight is 357 g/mol. The molecule has 0 spiro atoms. The molecule has 0 aromatic heterocycles. The largest absolute Gasteiger partial charge is 0.282 e. The molecule has 0 aromatic carbocycles. The Labute approximate surface area is 150 Å². The minimum atomic E-state index is 0.148. The Balaban J connectivity index is 3.55. The van der Waals surface area contributed by atoms with E-state index in [0.29, 0.717) is 0 Å². The summed E-state index contributed by atoms with van der Waals surface area (Å²) in [6, 6.07) is 0. The molecule has 0 amide bonds. The minimum Gasteiger partial charge on any atom is -0.282 e. The molecule has 132 valence electrons. The summed E-state index contributed by atoms with van der Waals surface area (Å²) >= 11 is 2.77. The van der Waals surface area contributed by atoms with Crippen LogP contribution in [-0.2, 0) is 9.59 Å². The van der Waals surface area contributed by atoms with Gasteiger partial charge in [-0.3, -0.25) is 9.59 Å². The molecule has 23 heavy (non-hydrogen) atoms. The number of unbranched alkanes of at least 4 members (excludes halogenated alkanes) is 4. The van der Waals surface area contributed by atoms with Gasteiger partial charge in [-0.1, -0.05) is 69.8 Å². The summed E-state index contributed by atoms with van der Waals surface area (Å²) in [7, 11) is 0. The second-order valence-corrected chi connectivity index (χ2v) is 7.88. The lowest BCUT2D eigenvalue weighted by Crippen LogP contribution is -1.99. The highest BCUT2D eigenvalue weighted by Gasteiger charge is 2.08.